The maximum Gasteiger partial charge on any atom is 1.00 e. The van der Waals surface area contributed by atoms with Crippen molar-refractivity contribution in [3.8, 4) is 0 Å². The van der Waals surface area contributed by atoms with Crippen LogP contribution in [0.4, 0.5) is 11.4 Å². The first-order valence-electron chi connectivity index (χ1n) is 4.06. The van der Waals surface area contributed by atoms with Crippen molar-refractivity contribution in [3.63, 3.8) is 0 Å². The first kappa shape index (κ1) is 15.9. The van der Waals surface area contributed by atoms with Gasteiger partial charge >= 0.3 is 51.4 Å². The molecule has 3 N–H and O–H groups in total. The Balaban J connectivity index is 0. The molecule has 0 atom stereocenters. The Morgan fingerprint density at radius 1 is 1.23 bits per heavy atom. The van der Waals surface area contributed by atoms with Gasteiger partial charge in [0.05, 0.1) is 0 Å². The van der Waals surface area contributed by atoms with E-state index in [0.29, 0.717) is 0 Å². The van der Waals surface area contributed by atoms with Gasteiger partial charge in [0.15, 0.2) is 0 Å². The first-order chi connectivity index (χ1) is 5.88. The maximum atomic E-state index is 5.11. The Morgan fingerprint density at radius 2 is 1.77 bits per heavy atom. The zero-order chi connectivity index (χ0) is 9.40. The van der Waals surface area contributed by atoms with Gasteiger partial charge in [0.1, 0.15) is 0 Å². The number of nitrogens with two attached hydrogens (primary N) is 1. The topological polar surface area (TPSA) is 52.2 Å². The molecule has 0 saturated carbocycles. The molecule has 1 aromatic carbocycles. The summed E-state index contributed by atoms with van der Waals surface area (Å²) in [7, 11) is 1.84. The first-order valence-corrected chi connectivity index (χ1v) is 4.06. The van der Waals surface area contributed by atoms with Gasteiger partial charge in [-0.25, -0.2) is 0 Å². The molecule has 0 bridgehead atoms. The molecule has 0 heterocycles. The fourth-order valence-corrected chi connectivity index (χ4v) is 0.798. The van der Waals surface area contributed by atoms with Gasteiger partial charge in [0.2, 0.25) is 0 Å². The second-order valence-electron chi connectivity index (χ2n) is 1.90. The van der Waals surface area contributed by atoms with Gasteiger partial charge < -0.3 is 16.6 Å². The number of nitrogens with zero attached hydrogens (tertiary/aromatic N) is 1. The normalized spacial score (nSPS) is 7.38. The summed E-state index contributed by atoms with van der Waals surface area (Å²) in [4.78, 5) is 0. The summed E-state index contributed by atoms with van der Waals surface area (Å²) in [5.74, 6) is 5.11. The van der Waals surface area contributed by atoms with Crippen LogP contribution in [0.15, 0.2) is 24.3 Å². The van der Waals surface area contributed by atoms with Crippen molar-refractivity contribution in [2.24, 2.45) is 5.84 Å². The molecule has 13 heavy (non-hydrogen) atoms. The molecule has 1 aromatic rings. The minimum absolute atomic E-state index is 0. The minimum atomic E-state index is 0. The summed E-state index contributed by atoms with van der Waals surface area (Å²) >= 11 is 0. The number of para-hydroxylation sites is 1. The summed E-state index contributed by atoms with van der Waals surface area (Å²) in [6, 6.07) is 7.60. The average Bonchev–Trinajstić information content (AvgIpc) is 2.20. The molecule has 0 aromatic heterocycles. The smallest absolute Gasteiger partial charge is 0.624 e. The third-order valence-electron chi connectivity index (χ3n) is 1.31. The number of anilines is 1. The van der Waals surface area contributed by atoms with E-state index >= 15 is 0 Å². The molecule has 4 heteroatoms. The van der Waals surface area contributed by atoms with Crippen molar-refractivity contribution in [3.05, 3.63) is 29.7 Å². The molecule has 68 valence electrons. The van der Waals surface area contributed by atoms with Crippen molar-refractivity contribution in [1.29, 1.82) is 0 Å². The van der Waals surface area contributed by atoms with E-state index in [-0.39, 0.29) is 51.4 Å². The minimum Gasteiger partial charge on any atom is -0.624 e. The van der Waals surface area contributed by atoms with Gasteiger partial charge in [-0.3, -0.25) is 0 Å². The Morgan fingerprint density at radius 3 is 2.15 bits per heavy atom. The van der Waals surface area contributed by atoms with E-state index in [4.69, 9.17) is 5.84 Å². The molecule has 0 radical (unpaired) electrons. The van der Waals surface area contributed by atoms with Crippen LogP contribution in [-0.2, 0) is 0 Å². The van der Waals surface area contributed by atoms with E-state index in [1.54, 1.807) is 0 Å². The third-order valence-corrected chi connectivity index (χ3v) is 1.31. The Bertz CT molecular complexity index is 193. The van der Waals surface area contributed by atoms with Crippen LogP contribution in [0.5, 0.6) is 0 Å². The summed E-state index contributed by atoms with van der Waals surface area (Å²) in [5.41, 5.74) is 5.31. The molecule has 0 aliphatic carbocycles. The molecular weight excluding hydrogens is 189 g/mol. The van der Waals surface area contributed by atoms with Crippen LogP contribution in [0.1, 0.15) is 13.8 Å². The third kappa shape index (κ3) is 5.67. The van der Waals surface area contributed by atoms with Gasteiger partial charge in [0.25, 0.3) is 0 Å². The number of rotatable bonds is 2. The summed E-state index contributed by atoms with van der Waals surface area (Å²) in [6.45, 7) is 4.00. The van der Waals surface area contributed by atoms with Crippen molar-refractivity contribution >= 4 is 11.4 Å². The Hall–Kier alpha value is 0.416. The fourth-order valence-electron chi connectivity index (χ4n) is 0.798. The summed E-state index contributed by atoms with van der Waals surface area (Å²) in [6.07, 6.45) is 0. The largest absolute Gasteiger partial charge is 1.00 e. The molecule has 0 spiro atoms. The standard InChI is InChI=1S/C7H10N3.C2H6.K/c1-9-6-4-2-3-5-7(6)10-8;1-2;/h2-5,9H,8H2,1H3;1-2H3;/q-1;;+1. The predicted molar refractivity (Wildman–Crippen MR) is 54.5 cm³/mol. The molecule has 0 amide bonds. The molecule has 0 fully saturated rings. The molecule has 0 unspecified atom stereocenters. The molecular formula is C9H16KN3. The molecule has 3 nitrogen and oxygen atoms in total. The zero-order valence-electron chi connectivity index (χ0n) is 8.83. The predicted octanol–water partition coefficient (Wildman–Crippen LogP) is -0.363. The Kier molecular flexibility index (Phi) is 12.8. The van der Waals surface area contributed by atoms with Crippen molar-refractivity contribution in [2.75, 3.05) is 12.4 Å². The van der Waals surface area contributed by atoms with Crippen LogP contribution in [0.3, 0.4) is 0 Å². The van der Waals surface area contributed by atoms with Crippen molar-refractivity contribution in [2.45, 2.75) is 13.8 Å². The van der Waals surface area contributed by atoms with E-state index < -0.39 is 0 Å². The molecule has 0 saturated heterocycles. The van der Waals surface area contributed by atoms with Crippen molar-refractivity contribution in [1.82, 2.24) is 0 Å². The molecule has 0 aliphatic rings. The van der Waals surface area contributed by atoms with Crippen LogP contribution >= 0.6 is 0 Å². The van der Waals surface area contributed by atoms with Crippen LogP contribution < -0.4 is 62.5 Å². The van der Waals surface area contributed by atoms with Crippen LogP contribution in [0.25, 0.3) is 5.43 Å². The van der Waals surface area contributed by atoms with E-state index in [2.05, 4.69) is 10.7 Å². The van der Waals surface area contributed by atoms with Gasteiger partial charge in [-0.2, -0.15) is 0 Å². The second-order valence-corrected chi connectivity index (χ2v) is 1.90. The number of hydrogen-bond acceptors (Lipinski definition) is 2. The second kappa shape index (κ2) is 10.5. The summed E-state index contributed by atoms with van der Waals surface area (Å²) in [5, 5.41) is 2.97. The van der Waals surface area contributed by atoms with Crippen LogP contribution in [-0.4, -0.2) is 7.05 Å². The van der Waals surface area contributed by atoms with E-state index in [1.807, 2.05) is 45.2 Å². The van der Waals surface area contributed by atoms with Crippen LogP contribution in [0, 0.1) is 0 Å². The van der Waals surface area contributed by atoms with Gasteiger partial charge in [-0.05, 0) is 6.07 Å². The van der Waals surface area contributed by atoms with E-state index in [9.17, 15) is 0 Å². The SMILES string of the molecule is CC.CNc1ccccc1[N-]N.[K+]. The van der Waals surface area contributed by atoms with Gasteiger partial charge in [-0.15, -0.1) is 5.69 Å². The fraction of sp³-hybridized carbons (Fsp3) is 0.333. The van der Waals surface area contributed by atoms with Crippen LogP contribution in [0.2, 0.25) is 0 Å². The van der Waals surface area contributed by atoms with E-state index in [0.717, 1.165) is 11.4 Å². The quantitative estimate of drug-likeness (QED) is 0.393. The maximum absolute atomic E-state index is 5.11. The average molecular weight is 205 g/mol. The molecule has 1 rings (SSSR count). The van der Waals surface area contributed by atoms with E-state index in [1.165, 1.54) is 0 Å². The number of benzene rings is 1. The Labute approximate surface area is 123 Å². The summed E-state index contributed by atoms with van der Waals surface area (Å²) < 4.78 is 0. The molecule has 0 aliphatic heterocycles. The number of nitrogens with one attached hydrogen (secondary N) is 1. The zero-order valence-corrected chi connectivity index (χ0v) is 12.0. The van der Waals surface area contributed by atoms with Crippen molar-refractivity contribution < 1.29 is 51.4 Å². The van der Waals surface area contributed by atoms with Gasteiger partial charge in [-0.1, -0.05) is 32.0 Å². The van der Waals surface area contributed by atoms with Gasteiger partial charge in [0, 0.05) is 12.7 Å². The monoisotopic (exact) mass is 205 g/mol. The number of hydrogen-bond donors (Lipinski definition) is 2.